The average Bonchev–Trinajstić information content (AvgIpc) is 3.25. The van der Waals surface area contributed by atoms with Crippen molar-refractivity contribution in [2.24, 2.45) is 11.7 Å². The monoisotopic (exact) mass is 871 g/mol. The maximum atomic E-state index is 6.34. The zero-order valence-electron chi connectivity index (χ0n) is 44.6. The van der Waals surface area contributed by atoms with Crippen molar-refractivity contribution >= 4 is 0 Å². The molecular weight excluding hydrogens is 749 g/mol. The molecule has 2 N–H and O–H groups in total. The SMILES string of the molecule is CCCCCCCC/C=C\CCCCCCCC(CCCCCCC)N(C)C.CCCCCCCCC=CCCCCCCCCCCCC(N)CCCCCCCCC(C)C. The van der Waals surface area contributed by atoms with E-state index in [1.807, 2.05) is 0 Å². The highest BCUT2D eigenvalue weighted by Crippen LogP contribution is 2.19. The standard InChI is InChI=1S/C33H67N.C27H55N/c1-4-5-6-7-8-9-10-11-12-13-14-15-16-17-18-19-20-24-27-30-33(34)31-28-25-22-21-23-26-29-32(2)3;1-5-7-9-11-12-13-14-15-16-17-18-19-20-22-24-26-27(28(3)4)25-23-21-10-8-6-2/h11-12,32-33H,4-10,13-31,34H2,1-3H3;15-16,27H,5-14,17-26H2,1-4H3/b;16-15-. The van der Waals surface area contributed by atoms with Gasteiger partial charge >= 0.3 is 0 Å². The lowest BCUT2D eigenvalue weighted by Crippen LogP contribution is -2.27. The summed E-state index contributed by atoms with van der Waals surface area (Å²) in [6.45, 7) is 11.6. The molecule has 62 heavy (non-hydrogen) atoms. The van der Waals surface area contributed by atoms with Crippen molar-refractivity contribution in [3.63, 3.8) is 0 Å². The third-order valence-corrected chi connectivity index (χ3v) is 13.6. The number of hydrogen-bond donors (Lipinski definition) is 1. The van der Waals surface area contributed by atoms with Crippen molar-refractivity contribution in [2.45, 2.75) is 342 Å². The summed E-state index contributed by atoms with van der Waals surface area (Å²) in [5.41, 5.74) is 6.34. The van der Waals surface area contributed by atoms with Crippen LogP contribution >= 0.6 is 0 Å². The van der Waals surface area contributed by atoms with E-state index in [1.54, 1.807) is 0 Å². The lowest BCUT2D eigenvalue weighted by atomic mass is 9.99. The largest absolute Gasteiger partial charge is 0.328 e. The van der Waals surface area contributed by atoms with Crippen molar-refractivity contribution < 1.29 is 0 Å². The number of nitrogens with two attached hydrogens (primary N) is 1. The van der Waals surface area contributed by atoms with Gasteiger partial charge in [0.2, 0.25) is 0 Å². The molecule has 0 heterocycles. The van der Waals surface area contributed by atoms with Crippen LogP contribution in [0.1, 0.15) is 330 Å². The highest BCUT2D eigenvalue weighted by molar-refractivity contribution is 4.82. The topological polar surface area (TPSA) is 29.3 Å². The molecule has 0 amide bonds. The first-order valence-electron chi connectivity index (χ1n) is 29.1. The minimum Gasteiger partial charge on any atom is -0.328 e. The zero-order valence-corrected chi connectivity index (χ0v) is 44.6. The lowest BCUT2D eigenvalue weighted by Gasteiger charge is -2.24. The van der Waals surface area contributed by atoms with Crippen LogP contribution in [0.25, 0.3) is 0 Å². The van der Waals surface area contributed by atoms with Crippen molar-refractivity contribution in [1.82, 2.24) is 4.90 Å². The van der Waals surface area contributed by atoms with E-state index >= 15 is 0 Å². The van der Waals surface area contributed by atoms with E-state index in [1.165, 1.54) is 295 Å². The van der Waals surface area contributed by atoms with Gasteiger partial charge in [-0.2, -0.15) is 0 Å². The van der Waals surface area contributed by atoms with Gasteiger partial charge in [-0.15, -0.1) is 0 Å². The first kappa shape index (κ1) is 63.5. The summed E-state index contributed by atoms with van der Waals surface area (Å²) in [5, 5.41) is 0. The Labute approximate surface area is 395 Å². The molecule has 0 fully saturated rings. The molecule has 0 aromatic carbocycles. The van der Waals surface area contributed by atoms with E-state index in [2.05, 4.69) is 77.9 Å². The molecule has 0 aliphatic rings. The normalized spacial score (nSPS) is 12.9. The Hall–Kier alpha value is -0.600. The van der Waals surface area contributed by atoms with Crippen LogP contribution < -0.4 is 5.73 Å². The summed E-state index contributed by atoms with van der Waals surface area (Å²) in [5.74, 6) is 0.875. The second-order valence-electron chi connectivity index (χ2n) is 20.8. The molecule has 0 saturated heterocycles. The van der Waals surface area contributed by atoms with Crippen molar-refractivity contribution in [2.75, 3.05) is 14.1 Å². The minimum atomic E-state index is 0.459. The van der Waals surface area contributed by atoms with Crippen molar-refractivity contribution in [3.8, 4) is 0 Å². The molecule has 0 aliphatic heterocycles. The van der Waals surface area contributed by atoms with E-state index in [0.29, 0.717) is 6.04 Å². The molecule has 0 spiro atoms. The van der Waals surface area contributed by atoms with Gasteiger partial charge in [0.05, 0.1) is 0 Å². The van der Waals surface area contributed by atoms with Gasteiger partial charge in [0.25, 0.3) is 0 Å². The summed E-state index contributed by atoms with van der Waals surface area (Å²) in [4.78, 5) is 2.47. The predicted octanol–water partition coefficient (Wildman–Crippen LogP) is 21.0. The first-order valence-corrected chi connectivity index (χ1v) is 29.1. The maximum absolute atomic E-state index is 6.34. The molecular formula is C60H122N2. The van der Waals surface area contributed by atoms with Crippen molar-refractivity contribution in [1.29, 1.82) is 0 Å². The molecule has 0 aliphatic carbocycles. The molecule has 372 valence electrons. The van der Waals surface area contributed by atoms with Gasteiger partial charge in [0.15, 0.2) is 0 Å². The molecule has 0 bridgehead atoms. The summed E-state index contributed by atoms with van der Waals surface area (Å²) < 4.78 is 0. The fourth-order valence-corrected chi connectivity index (χ4v) is 9.09. The zero-order chi connectivity index (χ0) is 45.7. The third-order valence-electron chi connectivity index (χ3n) is 13.6. The quantitative estimate of drug-likeness (QED) is 0.0487. The molecule has 0 saturated carbocycles. The van der Waals surface area contributed by atoms with Gasteiger partial charge in [-0.1, -0.05) is 277 Å². The molecule has 2 nitrogen and oxygen atoms in total. The van der Waals surface area contributed by atoms with E-state index < -0.39 is 0 Å². The van der Waals surface area contributed by atoms with E-state index in [4.69, 9.17) is 5.73 Å². The summed E-state index contributed by atoms with van der Waals surface area (Å²) in [7, 11) is 4.54. The Morgan fingerprint density at radius 2 is 0.532 bits per heavy atom. The van der Waals surface area contributed by atoms with Crippen LogP contribution in [-0.4, -0.2) is 31.1 Å². The molecule has 0 aromatic heterocycles. The minimum absolute atomic E-state index is 0.459. The summed E-state index contributed by atoms with van der Waals surface area (Å²) in [6, 6.07) is 1.27. The van der Waals surface area contributed by atoms with Crippen LogP contribution in [0, 0.1) is 5.92 Å². The van der Waals surface area contributed by atoms with Gasteiger partial charge in [-0.05, 0) is 97.1 Å². The Kier molecular flexibility index (Phi) is 57.9. The fraction of sp³-hybridized carbons (Fsp3) is 0.933. The Morgan fingerprint density at radius 1 is 0.306 bits per heavy atom. The molecule has 2 heteroatoms. The maximum Gasteiger partial charge on any atom is 0.00891 e. The van der Waals surface area contributed by atoms with Gasteiger partial charge in [-0.25, -0.2) is 0 Å². The Bertz CT molecular complexity index is 829. The molecule has 0 rings (SSSR count). The predicted molar refractivity (Wildman–Crippen MR) is 288 cm³/mol. The highest BCUT2D eigenvalue weighted by atomic mass is 15.1. The summed E-state index contributed by atoms with van der Waals surface area (Å²) >= 11 is 0. The van der Waals surface area contributed by atoms with Crippen LogP contribution in [0.2, 0.25) is 0 Å². The smallest absolute Gasteiger partial charge is 0.00891 e. The molecule has 2 atom stereocenters. The average molecular weight is 872 g/mol. The van der Waals surface area contributed by atoms with E-state index in [-0.39, 0.29) is 0 Å². The lowest BCUT2D eigenvalue weighted by molar-refractivity contribution is 0.251. The Balaban J connectivity index is 0. The van der Waals surface area contributed by atoms with Crippen LogP contribution in [0.4, 0.5) is 0 Å². The second kappa shape index (κ2) is 56.5. The second-order valence-corrected chi connectivity index (χ2v) is 20.8. The van der Waals surface area contributed by atoms with Crippen LogP contribution in [-0.2, 0) is 0 Å². The third kappa shape index (κ3) is 57.4. The van der Waals surface area contributed by atoms with Gasteiger partial charge in [0, 0.05) is 12.1 Å². The van der Waals surface area contributed by atoms with Crippen LogP contribution in [0.5, 0.6) is 0 Å². The van der Waals surface area contributed by atoms with E-state index in [0.717, 1.165) is 12.0 Å². The number of rotatable bonds is 50. The number of hydrogen-bond acceptors (Lipinski definition) is 2. The van der Waals surface area contributed by atoms with Gasteiger partial charge in [-0.3, -0.25) is 0 Å². The highest BCUT2D eigenvalue weighted by Gasteiger charge is 2.10. The number of nitrogens with zero attached hydrogens (tertiary/aromatic N) is 1. The van der Waals surface area contributed by atoms with Gasteiger partial charge in [0.1, 0.15) is 0 Å². The van der Waals surface area contributed by atoms with Crippen LogP contribution in [0.3, 0.4) is 0 Å². The molecule has 2 unspecified atom stereocenters. The molecule has 0 radical (unpaired) electrons. The summed E-state index contributed by atoms with van der Waals surface area (Å²) in [6.07, 6.45) is 73.9. The first-order chi connectivity index (χ1) is 30.4. The van der Waals surface area contributed by atoms with Crippen molar-refractivity contribution in [3.05, 3.63) is 24.3 Å². The Morgan fingerprint density at radius 3 is 0.790 bits per heavy atom. The number of allylic oxidation sites excluding steroid dienone is 4. The van der Waals surface area contributed by atoms with E-state index in [9.17, 15) is 0 Å². The molecule has 0 aromatic rings. The fourth-order valence-electron chi connectivity index (χ4n) is 9.09. The number of unbranched alkanes of at least 4 members (excludes halogenated alkanes) is 35. The van der Waals surface area contributed by atoms with Crippen LogP contribution in [0.15, 0.2) is 24.3 Å². The van der Waals surface area contributed by atoms with Gasteiger partial charge < -0.3 is 10.6 Å².